The van der Waals surface area contributed by atoms with Crippen molar-refractivity contribution in [1.29, 1.82) is 5.41 Å². The largest absolute Gasteiger partial charge is 0.481 e. The van der Waals surface area contributed by atoms with E-state index in [9.17, 15) is 18.4 Å². The summed E-state index contributed by atoms with van der Waals surface area (Å²) < 4.78 is 38.1. The zero-order chi connectivity index (χ0) is 28.7. The molecule has 5 N–H and O–H groups in total. The number of nitrogens with one attached hydrogen (secondary N) is 2. The first-order chi connectivity index (χ1) is 18.6. The predicted octanol–water partition coefficient (Wildman–Crippen LogP) is 2.36. The number of halogens is 2. The number of pyridine rings is 1. The Morgan fingerprint density at radius 2 is 1.97 bits per heavy atom. The number of carbonyl (C=O) groups excluding carboxylic acids is 2. The molecule has 4 rings (SSSR count). The number of ether oxygens (including phenoxy) is 2. The Hall–Kier alpha value is -3.94. The number of oxime groups is 1. The summed E-state index contributed by atoms with van der Waals surface area (Å²) in [6.45, 7) is 1.50. The highest BCUT2D eigenvalue weighted by molar-refractivity contribution is 6.65. The molecule has 2 aliphatic carbocycles. The average molecular weight is 550 g/mol. The van der Waals surface area contributed by atoms with Crippen LogP contribution in [0.2, 0.25) is 0 Å². The third-order valence-corrected chi connectivity index (χ3v) is 6.69. The van der Waals surface area contributed by atoms with Crippen molar-refractivity contribution >= 4 is 29.3 Å². The summed E-state index contributed by atoms with van der Waals surface area (Å²) in [5, 5.41) is 25.2. The predicted molar refractivity (Wildman–Crippen MR) is 137 cm³/mol. The molecule has 2 saturated carbocycles. The van der Waals surface area contributed by atoms with E-state index < -0.39 is 35.5 Å². The van der Waals surface area contributed by atoms with Gasteiger partial charge in [0.25, 0.3) is 11.9 Å². The molecule has 2 unspecified atom stereocenters. The van der Waals surface area contributed by atoms with Gasteiger partial charge in [-0.2, -0.15) is 4.39 Å². The highest BCUT2D eigenvalue weighted by Gasteiger charge is 2.46. The Balaban J connectivity index is 0.000000216. The lowest BCUT2D eigenvalue weighted by Crippen LogP contribution is -2.47. The number of hydrogen-bond acceptors (Lipinski definition) is 10. The van der Waals surface area contributed by atoms with Gasteiger partial charge in [-0.25, -0.2) is 9.37 Å². The molecule has 14 heteroatoms. The van der Waals surface area contributed by atoms with Gasteiger partial charge >= 0.3 is 0 Å². The molecule has 1 amide bonds. The van der Waals surface area contributed by atoms with Gasteiger partial charge in [-0.05, 0) is 56.4 Å². The van der Waals surface area contributed by atoms with Gasteiger partial charge in [-0.15, -0.1) is 5.10 Å². The number of rotatable bonds is 12. The first-order valence-electron chi connectivity index (χ1n) is 12.4. The molecule has 2 aliphatic rings. The molecule has 0 radical (unpaired) electrons. The molecule has 2 aromatic rings. The Kier molecular flexibility index (Phi) is 10.0. The van der Waals surface area contributed by atoms with Crippen molar-refractivity contribution < 1.29 is 33.1 Å². The Labute approximate surface area is 224 Å². The first-order valence-corrected chi connectivity index (χ1v) is 12.4. The lowest BCUT2D eigenvalue weighted by molar-refractivity contribution is -0.120. The smallest absolute Gasteiger partial charge is 0.271 e. The molecular weight excluding hydrogens is 516 g/mol. The van der Waals surface area contributed by atoms with Gasteiger partial charge in [0, 0.05) is 12.7 Å². The van der Waals surface area contributed by atoms with Crippen molar-refractivity contribution in [1.82, 2.24) is 20.1 Å². The molecule has 2 heterocycles. The van der Waals surface area contributed by atoms with Crippen molar-refractivity contribution in [3.05, 3.63) is 35.8 Å². The number of amides is 1. The summed E-state index contributed by atoms with van der Waals surface area (Å²) in [4.78, 5) is 26.9. The summed E-state index contributed by atoms with van der Waals surface area (Å²) >= 11 is 0. The van der Waals surface area contributed by atoms with Crippen LogP contribution in [0, 0.1) is 34.9 Å². The second-order valence-electron chi connectivity index (χ2n) is 9.53. The van der Waals surface area contributed by atoms with Crippen molar-refractivity contribution in [2.75, 3.05) is 26.6 Å². The van der Waals surface area contributed by atoms with E-state index in [0.29, 0.717) is 17.4 Å². The van der Waals surface area contributed by atoms with Gasteiger partial charge in [0.15, 0.2) is 0 Å². The van der Waals surface area contributed by atoms with E-state index in [-0.39, 0.29) is 29.8 Å². The topological polar surface area (TPSA) is 178 Å². The zero-order valence-corrected chi connectivity index (χ0v) is 21.9. The minimum Gasteiger partial charge on any atom is -0.481 e. The maximum atomic E-state index is 13.4. The van der Waals surface area contributed by atoms with Crippen LogP contribution in [0.4, 0.5) is 14.5 Å². The van der Waals surface area contributed by atoms with E-state index in [1.165, 1.54) is 38.1 Å². The Morgan fingerprint density at radius 1 is 1.33 bits per heavy atom. The van der Waals surface area contributed by atoms with Gasteiger partial charge in [0.2, 0.25) is 5.88 Å². The highest BCUT2D eigenvalue weighted by Crippen LogP contribution is 2.50. The van der Waals surface area contributed by atoms with Crippen LogP contribution in [0.3, 0.4) is 0 Å². The first kappa shape index (κ1) is 29.6. The highest BCUT2D eigenvalue weighted by atomic mass is 19.1. The number of hydrogen-bond donors (Lipinski definition) is 4. The summed E-state index contributed by atoms with van der Waals surface area (Å²) in [6, 6.07) is 0.106. The minimum atomic E-state index is -0.797. The second-order valence-corrected chi connectivity index (χ2v) is 9.53. The van der Waals surface area contributed by atoms with Crippen LogP contribution in [0.15, 0.2) is 23.6 Å². The van der Waals surface area contributed by atoms with E-state index in [1.807, 2.05) is 0 Å². The van der Waals surface area contributed by atoms with E-state index in [4.69, 9.17) is 25.8 Å². The van der Waals surface area contributed by atoms with Crippen LogP contribution in [-0.2, 0) is 14.3 Å². The van der Waals surface area contributed by atoms with Gasteiger partial charge in [0.1, 0.15) is 35.3 Å². The zero-order valence-electron chi connectivity index (χ0n) is 21.9. The minimum absolute atomic E-state index is 0.0588. The molecule has 0 bridgehead atoms. The summed E-state index contributed by atoms with van der Waals surface area (Å²) in [7, 11) is 2.88. The number of methoxy groups -OCH3 is 2. The van der Waals surface area contributed by atoms with Crippen molar-refractivity contribution in [2.45, 2.75) is 44.7 Å². The molecule has 212 valence electrons. The van der Waals surface area contributed by atoms with Crippen molar-refractivity contribution in [3.63, 3.8) is 0 Å². The van der Waals surface area contributed by atoms with Gasteiger partial charge in [-0.3, -0.25) is 14.9 Å². The van der Waals surface area contributed by atoms with Crippen LogP contribution in [-0.4, -0.2) is 70.5 Å². The fourth-order valence-electron chi connectivity index (χ4n) is 4.45. The summed E-state index contributed by atoms with van der Waals surface area (Å²) in [5.74, 6) is -0.506. The van der Waals surface area contributed by atoms with Crippen LogP contribution >= 0.6 is 0 Å². The third-order valence-electron chi connectivity index (χ3n) is 6.69. The molecule has 2 fully saturated rings. The third kappa shape index (κ3) is 7.56. The molecule has 2 aromatic heterocycles. The van der Waals surface area contributed by atoms with Gasteiger partial charge < -0.3 is 30.5 Å². The molecule has 2 atom stereocenters. The molecule has 0 aliphatic heterocycles. The van der Waals surface area contributed by atoms with Crippen LogP contribution in [0.1, 0.15) is 44.2 Å². The SMILES string of the molecule is C/C(=N/O)C(=N)C(=O)NC(C=O)C(C1CC1)C1CC1.COCC(c1cc(F)cnc1OC)n1cc(N)c(F)n1. The molecule has 0 saturated heterocycles. The molecule has 39 heavy (non-hydrogen) atoms. The van der Waals surface area contributed by atoms with E-state index >= 15 is 0 Å². The van der Waals surface area contributed by atoms with Gasteiger partial charge in [0.05, 0.1) is 32.2 Å². The van der Waals surface area contributed by atoms with E-state index in [1.54, 1.807) is 0 Å². The van der Waals surface area contributed by atoms with Crippen molar-refractivity contribution in [3.8, 4) is 5.88 Å². The van der Waals surface area contributed by atoms with Gasteiger partial charge in [-0.1, -0.05) is 5.16 Å². The number of carbonyl (C=O) groups is 2. The fraction of sp³-hybridized carbons (Fsp3) is 0.520. The molecule has 0 spiro atoms. The molecule has 0 aromatic carbocycles. The number of nitrogen functional groups attached to an aromatic ring is 1. The molecular formula is C25H33F2N7O5. The Morgan fingerprint density at radius 3 is 2.44 bits per heavy atom. The fourth-order valence-corrected chi connectivity index (χ4v) is 4.45. The van der Waals surface area contributed by atoms with Crippen LogP contribution in [0.25, 0.3) is 0 Å². The number of nitrogens with two attached hydrogens (primary N) is 1. The summed E-state index contributed by atoms with van der Waals surface area (Å²) in [5.41, 5.74) is 5.25. The maximum Gasteiger partial charge on any atom is 0.271 e. The number of nitrogens with zero attached hydrogens (tertiary/aromatic N) is 4. The van der Waals surface area contributed by atoms with Crippen LogP contribution < -0.4 is 15.8 Å². The number of anilines is 1. The molecule has 12 nitrogen and oxygen atoms in total. The average Bonchev–Trinajstić information content (AvgIpc) is 3.87. The quantitative estimate of drug-likeness (QED) is 0.135. The monoisotopic (exact) mass is 549 g/mol. The lowest BCUT2D eigenvalue weighted by Gasteiger charge is -2.23. The standard InChI is InChI=1S/C13H19N3O3.C12H14F2N4O2/c1-7(16-19)12(14)13(18)15-10(6-17)11(8-2-3-8)9-4-5-9;1-19-6-10(18-5-9(15)11(14)17-18)8-3-7(13)4-16-12(8)20-2/h6,8-11,14,19H,2-5H2,1H3,(H,15,18);3-5,10H,6,15H2,1-2H3/b14-12?,16-7-;. The number of aldehydes is 1. The van der Waals surface area contributed by atoms with E-state index in [0.717, 1.165) is 38.2 Å². The second kappa shape index (κ2) is 13.2. The summed E-state index contributed by atoms with van der Waals surface area (Å²) in [6.07, 6.45) is 7.60. The number of aromatic nitrogens is 3. The lowest BCUT2D eigenvalue weighted by atomic mass is 9.90. The van der Waals surface area contributed by atoms with Crippen molar-refractivity contribution in [2.24, 2.45) is 22.9 Å². The maximum absolute atomic E-state index is 13.4. The normalized spacial score (nSPS) is 16.6. The Bertz CT molecular complexity index is 1180. The van der Waals surface area contributed by atoms with E-state index in [2.05, 4.69) is 20.6 Å². The van der Waals surface area contributed by atoms with Crippen LogP contribution in [0.5, 0.6) is 5.88 Å².